The van der Waals surface area contributed by atoms with Crippen LogP contribution in [-0.4, -0.2) is 18.7 Å². The Morgan fingerprint density at radius 3 is 2.47 bits per heavy atom. The van der Waals surface area contributed by atoms with Gasteiger partial charge in [0, 0.05) is 15.6 Å². The highest BCUT2D eigenvalue weighted by molar-refractivity contribution is 6.36. The number of ether oxygens (including phenoxy) is 2. The summed E-state index contributed by atoms with van der Waals surface area (Å²) in [5.74, 6) is 0.363. The first kappa shape index (κ1) is 24.2. The van der Waals surface area contributed by atoms with E-state index in [2.05, 4.69) is 10.5 Å². The average Bonchev–Trinajstić information content (AvgIpc) is 2.74. The molecule has 9 heteroatoms. The van der Waals surface area contributed by atoms with Crippen LogP contribution in [-0.2, 0) is 6.61 Å². The van der Waals surface area contributed by atoms with Crippen molar-refractivity contribution in [3.8, 4) is 11.5 Å². The molecule has 0 radical (unpaired) electrons. The zero-order chi connectivity index (χ0) is 23.1. The highest BCUT2D eigenvalue weighted by Gasteiger charge is 2.14. The molecule has 3 rings (SSSR count). The van der Waals surface area contributed by atoms with Gasteiger partial charge >= 0.3 is 0 Å². The molecule has 1 N–H and O–H groups in total. The minimum atomic E-state index is -0.473. The molecule has 3 aromatic carbocycles. The molecule has 0 saturated carbocycles. The first-order valence-corrected chi connectivity index (χ1v) is 11.0. The number of benzene rings is 3. The summed E-state index contributed by atoms with van der Waals surface area (Å²) in [4.78, 5) is 12.3. The van der Waals surface area contributed by atoms with Crippen LogP contribution in [0.3, 0.4) is 0 Å². The lowest BCUT2D eigenvalue weighted by atomic mass is 10.2. The Hall–Kier alpha value is -2.44. The molecule has 0 aliphatic rings. The minimum absolute atomic E-state index is 0.227. The van der Waals surface area contributed by atoms with Gasteiger partial charge in [0.05, 0.1) is 28.4 Å². The molecular formula is C23H18Cl4N2O3. The van der Waals surface area contributed by atoms with Crippen molar-refractivity contribution in [2.45, 2.75) is 13.5 Å². The second-order valence-electron chi connectivity index (χ2n) is 6.47. The summed E-state index contributed by atoms with van der Waals surface area (Å²) in [6.07, 6.45) is 1.44. The van der Waals surface area contributed by atoms with Crippen molar-refractivity contribution < 1.29 is 14.3 Å². The maximum atomic E-state index is 12.3. The predicted octanol–water partition coefficient (Wildman–Crippen LogP) is 7.04. The van der Waals surface area contributed by atoms with Gasteiger partial charge in [0.15, 0.2) is 11.5 Å². The van der Waals surface area contributed by atoms with Gasteiger partial charge < -0.3 is 9.47 Å². The van der Waals surface area contributed by atoms with E-state index in [4.69, 9.17) is 55.9 Å². The molecule has 0 atom stereocenters. The van der Waals surface area contributed by atoms with Gasteiger partial charge in [-0.3, -0.25) is 4.79 Å². The molecule has 5 nitrogen and oxygen atoms in total. The van der Waals surface area contributed by atoms with E-state index >= 15 is 0 Å². The number of nitrogens with zero attached hydrogens (tertiary/aromatic N) is 1. The summed E-state index contributed by atoms with van der Waals surface area (Å²) >= 11 is 24.5. The third-order valence-corrected chi connectivity index (χ3v) is 5.41. The first-order chi connectivity index (χ1) is 15.4. The van der Waals surface area contributed by atoms with Crippen LogP contribution in [0.2, 0.25) is 20.1 Å². The molecular weight excluding hydrogens is 494 g/mol. The van der Waals surface area contributed by atoms with Crippen molar-refractivity contribution in [1.82, 2.24) is 5.43 Å². The Labute approximate surface area is 205 Å². The fourth-order valence-electron chi connectivity index (χ4n) is 2.73. The molecule has 0 aliphatic heterocycles. The molecule has 0 saturated heterocycles. The topological polar surface area (TPSA) is 59.9 Å². The lowest BCUT2D eigenvalue weighted by Crippen LogP contribution is -2.18. The number of carbonyl (C=O) groups is 1. The standard InChI is InChI=1S/C23H18Cl4N2O3/c1-2-31-21-10-14(12-28-29-23(30)17-8-7-16(24)11-19(17)26)9-20(27)22(21)32-13-15-5-3-4-6-18(15)25/h3-12H,2,13H2,1H3,(H,29,30)/b28-12-. The van der Waals surface area contributed by atoms with Gasteiger partial charge in [-0.05, 0) is 48.9 Å². The molecule has 0 fully saturated rings. The number of rotatable bonds is 8. The highest BCUT2D eigenvalue weighted by Crippen LogP contribution is 2.37. The maximum absolute atomic E-state index is 12.3. The van der Waals surface area contributed by atoms with E-state index in [1.54, 1.807) is 24.3 Å². The summed E-state index contributed by atoms with van der Waals surface area (Å²) in [6, 6.07) is 15.3. The van der Waals surface area contributed by atoms with Crippen molar-refractivity contribution in [1.29, 1.82) is 0 Å². The Morgan fingerprint density at radius 1 is 0.969 bits per heavy atom. The van der Waals surface area contributed by atoms with Crippen molar-refractivity contribution in [3.05, 3.63) is 91.4 Å². The monoisotopic (exact) mass is 510 g/mol. The van der Waals surface area contributed by atoms with Crippen LogP contribution in [0.25, 0.3) is 0 Å². The maximum Gasteiger partial charge on any atom is 0.272 e. The van der Waals surface area contributed by atoms with Crippen LogP contribution in [0.5, 0.6) is 11.5 Å². The Balaban J connectivity index is 1.74. The number of halogens is 4. The lowest BCUT2D eigenvalue weighted by Gasteiger charge is -2.15. The fraction of sp³-hybridized carbons (Fsp3) is 0.130. The van der Waals surface area contributed by atoms with Crippen LogP contribution < -0.4 is 14.9 Å². The third-order valence-electron chi connectivity index (χ3n) is 4.22. The summed E-state index contributed by atoms with van der Waals surface area (Å²) in [5, 5.41) is 5.56. The van der Waals surface area contributed by atoms with E-state index in [0.29, 0.717) is 38.7 Å². The van der Waals surface area contributed by atoms with Gasteiger partial charge in [-0.25, -0.2) is 5.43 Å². The molecule has 0 bridgehead atoms. The van der Waals surface area contributed by atoms with Crippen molar-refractivity contribution >= 4 is 58.5 Å². The minimum Gasteiger partial charge on any atom is -0.490 e. The van der Waals surface area contributed by atoms with Crippen LogP contribution in [0.1, 0.15) is 28.4 Å². The highest BCUT2D eigenvalue weighted by atomic mass is 35.5. The van der Waals surface area contributed by atoms with E-state index in [9.17, 15) is 4.79 Å². The third kappa shape index (κ3) is 6.30. The zero-order valence-electron chi connectivity index (χ0n) is 16.9. The van der Waals surface area contributed by atoms with Gasteiger partial charge in [0.25, 0.3) is 5.91 Å². The summed E-state index contributed by atoms with van der Waals surface area (Å²) in [7, 11) is 0. The second kappa shape index (κ2) is 11.4. The van der Waals surface area contributed by atoms with Crippen LogP contribution in [0.4, 0.5) is 0 Å². The van der Waals surface area contributed by atoms with Crippen LogP contribution >= 0.6 is 46.4 Å². The Bertz CT molecular complexity index is 1150. The van der Waals surface area contributed by atoms with Gasteiger partial charge in [0.1, 0.15) is 6.61 Å². The van der Waals surface area contributed by atoms with Crippen LogP contribution in [0.15, 0.2) is 59.7 Å². The Morgan fingerprint density at radius 2 is 1.75 bits per heavy atom. The summed E-state index contributed by atoms with van der Waals surface area (Å²) < 4.78 is 11.6. The van der Waals surface area contributed by atoms with Crippen molar-refractivity contribution in [2.75, 3.05) is 6.61 Å². The summed E-state index contributed by atoms with van der Waals surface area (Å²) in [5.41, 5.74) is 4.10. The second-order valence-corrected chi connectivity index (χ2v) is 8.12. The van der Waals surface area contributed by atoms with Gasteiger partial charge in [-0.15, -0.1) is 0 Å². The average molecular weight is 512 g/mol. The number of hydrogen-bond donors (Lipinski definition) is 1. The largest absolute Gasteiger partial charge is 0.490 e. The molecule has 0 spiro atoms. The van der Waals surface area contributed by atoms with Crippen LogP contribution in [0, 0.1) is 0 Å². The fourth-order valence-corrected chi connectivity index (χ4v) is 3.69. The molecule has 0 heterocycles. The number of nitrogens with one attached hydrogen (secondary N) is 1. The van der Waals surface area contributed by atoms with E-state index < -0.39 is 5.91 Å². The SMILES string of the molecule is CCOc1cc(/C=N\NC(=O)c2ccc(Cl)cc2Cl)cc(Cl)c1OCc1ccccc1Cl. The van der Waals surface area contributed by atoms with E-state index in [1.165, 1.54) is 18.3 Å². The normalized spacial score (nSPS) is 10.9. The van der Waals surface area contributed by atoms with Crippen molar-refractivity contribution in [2.24, 2.45) is 5.10 Å². The quantitative estimate of drug-likeness (QED) is 0.260. The molecule has 3 aromatic rings. The number of carbonyl (C=O) groups excluding carboxylic acids is 1. The van der Waals surface area contributed by atoms with E-state index in [0.717, 1.165) is 5.56 Å². The first-order valence-electron chi connectivity index (χ1n) is 9.50. The zero-order valence-corrected chi connectivity index (χ0v) is 19.9. The van der Waals surface area contributed by atoms with Crippen molar-refractivity contribution in [3.63, 3.8) is 0 Å². The number of hydrogen-bond acceptors (Lipinski definition) is 4. The van der Waals surface area contributed by atoms with Gasteiger partial charge in [-0.1, -0.05) is 64.6 Å². The molecule has 1 amide bonds. The molecule has 0 aromatic heterocycles. The number of amides is 1. The van der Waals surface area contributed by atoms with E-state index in [-0.39, 0.29) is 17.2 Å². The molecule has 32 heavy (non-hydrogen) atoms. The molecule has 166 valence electrons. The van der Waals surface area contributed by atoms with E-state index in [1.807, 2.05) is 25.1 Å². The molecule has 0 unspecified atom stereocenters. The Kier molecular flexibility index (Phi) is 8.65. The van der Waals surface area contributed by atoms with Gasteiger partial charge in [0.2, 0.25) is 0 Å². The summed E-state index contributed by atoms with van der Waals surface area (Å²) in [6.45, 7) is 2.48. The smallest absolute Gasteiger partial charge is 0.272 e. The molecule has 0 aliphatic carbocycles. The lowest BCUT2D eigenvalue weighted by molar-refractivity contribution is 0.0955. The van der Waals surface area contributed by atoms with Gasteiger partial charge in [-0.2, -0.15) is 5.10 Å². The number of hydrazone groups is 1. The predicted molar refractivity (Wildman–Crippen MR) is 130 cm³/mol.